The minimum absolute atomic E-state index is 0.00275. The number of aromatic nitrogens is 2. The number of hydrogen-bond donors (Lipinski definition) is 4. The van der Waals surface area contributed by atoms with Crippen LogP contribution >= 0.6 is 34.8 Å². The lowest BCUT2D eigenvalue weighted by Crippen LogP contribution is -2.48. The molecule has 18 nitrogen and oxygen atoms in total. The normalized spacial score (nSPS) is 17.6. The topological polar surface area (TPSA) is 221 Å². The third-order valence-corrected chi connectivity index (χ3v) is 16.7. The lowest BCUT2D eigenvalue weighted by Gasteiger charge is -2.38. The fourth-order valence-electron chi connectivity index (χ4n) is 11.7. The van der Waals surface area contributed by atoms with Crippen LogP contribution in [0.3, 0.4) is 0 Å². The molecule has 0 spiro atoms. The summed E-state index contributed by atoms with van der Waals surface area (Å²) < 4.78 is 86.4. The van der Waals surface area contributed by atoms with Crippen molar-refractivity contribution in [3.63, 3.8) is 0 Å². The maximum Gasteiger partial charge on any atom is 0.251 e. The number of ether oxygens (including phenoxy) is 4. The summed E-state index contributed by atoms with van der Waals surface area (Å²) in [4.78, 5) is 67.2. The van der Waals surface area contributed by atoms with Crippen molar-refractivity contribution in [2.45, 2.75) is 58.3 Å². The molecule has 4 atom stereocenters. The Balaban J connectivity index is 0.762. The number of anilines is 3. The largest absolute Gasteiger partial charge is 0.507 e. The van der Waals surface area contributed by atoms with Gasteiger partial charge in [-0.1, -0.05) is 79.8 Å². The van der Waals surface area contributed by atoms with Gasteiger partial charge < -0.3 is 54.7 Å². The summed E-state index contributed by atoms with van der Waals surface area (Å²) >= 11 is 19.1. The van der Waals surface area contributed by atoms with Crippen LogP contribution in [0.15, 0.2) is 78.9 Å². The molecule has 89 heavy (non-hydrogen) atoms. The van der Waals surface area contributed by atoms with Crippen molar-refractivity contribution in [3.05, 3.63) is 134 Å². The summed E-state index contributed by atoms with van der Waals surface area (Å²) in [7, 11) is 3.00. The van der Waals surface area contributed by atoms with E-state index in [2.05, 4.69) is 32.0 Å². The molecule has 2 aliphatic rings. The smallest absolute Gasteiger partial charge is 0.251 e. The van der Waals surface area contributed by atoms with Crippen LogP contribution in [-0.4, -0.2) is 148 Å². The van der Waals surface area contributed by atoms with E-state index < -0.39 is 69.6 Å². The number of carbonyl (C=O) groups excluding carboxylic acids is 4. The van der Waals surface area contributed by atoms with Crippen molar-refractivity contribution in [2.75, 3.05) is 115 Å². The predicted molar refractivity (Wildman–Crippen MR) is 332 cm³/mol. The third kappa shape index (κ3) is 15.7. The predicted octanol–water partition coefficient (Wildman–Crippen LogP) is 11.2. The van der Waals surface area contributed by atoms with Crippen LogP contribution in [-0.2, 0) is 34.0 Å². The molecule has 0 radical (unpaired) electrons. The Labute approximate surface area is 528 Å². The summed E-state index contributed by atoms with van der Waals surface area (Å²) in [6.45, 7) is 10.8. The molecule has 25 heteroatoms. The number of fused-ring (bicyclic) bond motifs is 1. The van der Waals surface area contributed by atoms with Crippen LogP contribution in [0, 0.1) is 51.9 Å². The second kappa shape index (κ2) is 29.9. The van der Waals surface area contributed by atoms with Gasteiger partial charge in [0.2, 0.25) is 23.7 Å². The van der Waals surface area contributed by atoms with Gasteiger partial charge in [0.25, 0.3) is 5.91 Å². The van der Waals surface area contributed by atoms with E-state index >= 15 is 17.6 Å². The van der Waals surface area contributed by atoms with Crippen molar-refractivity contribution in [2.24, 2.45) is 17.3 Å². The molecule has 5 aromatic carbocycles. The van der Waals surface area contributed by atoms with E-state index in [4.69, 9.17) is 53.8 Å². The van der Waals surface area contributed by atoms with Gasteiger partial charge in [-0.15, -0.1) is 0 Å². The molecular formula is C64H70Cl3F4N9O9. The number of carbonyl (C=O) groups is 4. The standard InChI is InChI=1S/C64H70Cl3F4N9O9/c1-37(81)79-20-22-80(23-21-79)59-43-34-46(67)53(54-47(68)11-8-12-50(54)82)57(71)58(43)76-62(77-59)74-18-17-52(83)78(5)24-26-88-28-30-89-29-27-87-25-19-73-60(84)38-13-16-49(51(31-38)86-6)75-61(85)42-32-39(35-63(2,3)4)64(36-72,44-15-14-40(65)33-48(44)69)55(42)41-9-7-10-45(66)56(41)70/h7-16,31,33-34,39,42,55,82H,17-30,32,35H2,1-6H3,(H,73,84)(H,75,85)(H,74,76,77)/t39-,42+,55-,64+/m0/s1. The number of aromatic hydroxyl groups is 1. The van der Waals surface area contributed by atoms with Crippen molar-refractivity contribution in [1.29, 1.82) is 5.26 Å². The molecule has 2 heterocycles. The first-order chi connectivity index (χ1) is 42.5. The van der Waals surface area contributed by atoms with E-state index in [0.717, 1.165) is 12.1 Å². The maximum atomic E-state index is 16.5. The number of methoxy groups -OCH3 is 1. The molecule has 4 N–H and O–H groups in total. The molecule has 4 amide bonds. The molecule has 1 saturated carbocycles. The highest BCUT2D eigenvalue weighted by Crippen LogP contribution is 2.61. The van der Waals surface area contributed by atoms with Gasteiger partial charge in [-0.3, -0.25) is 19.2 Å². The number of hydrogen-bond acceptors (Lipinski definition) is 14. The zero-order valence-corrected chi connectivity index (χ0v) is 52.4. The van der Waals surface area contributed by atoms with Crippen molar-refractivity contribution in [3.8, 4) is 28.7 Å². The van der Waals surface area contributed by atoms with Crippen molar-refractivity contribution in [1.82, 2.24) is 25.1 Å². The fraction of sp³-hybridized carbons (Fsp3) is 0.422. The van der Waals surface area contributed by atoms with E-state index in [0.29, 0.717) is 38.4 Å². The quantitative estimate of drug-likeness (QED) is 0.0309. The zero-order chi connectivity index (χ0) is 64.3. The van der Waals surface area contributed by atoms with Crippen LogP contribution in [0.5, 0.6) is 11.5 Å². The molecule has 1 aliphatic heterocycles. The molecule has 474 valence electrons. The molecule has 1 aromatic heterocycles. The van der Waals surface area contributed by atoms with Crippen LogP contribution in [0.25, 0.3) is 22.0 Å². The minimum atomic E-state index is -1.73. The highest BCUT2D eigenvalue weighted by Gasteiger charge is 2.61. The lowest BCUT2D eigenvalue weighted by molar-refractivity contribution is -0.130. The summed E-state index contributed by atoms with van der Waals surface area (Å²) in [6, 6.07) is 20.2. The first-order valence-electron chi connectivity index (χ1n) is 28.9. The number of nitrogens with zero attached hydrogens (tertiary/aromatic N) is 6. The molecule has 0 bridgehead atoms. The number of benzene rings is 5. The third-order valence-electron chi connectivity index (χ3n) is 15.9. The summed E-state index contributed by atoms with van der Waals surface area (Å²) in [5, 5.41) is 30.4. The van der Waals surface area contributed by atoms with Crippen molar-refractivity contribution < 1.29 is 60.8 Å². The van der Waals surface area contributed by atoms with E-state index in [1.807, 2.05) is 25.7 Å². The van der Waals surface area contributed by atoms with Gasteiger partial charge in [0, 0.05) is 105 Å². The Kier molecular flexibility index (Phi) is 22.6. The number of nitrogens with one attached hydrogen (secondary N) is 3. The Bertz CT molecular complexity index is 3610. The van der Waals surface area contributed by atoms with Gasteiger partial charge in [-0.05, 0) is 84.3 Å². The SMILES string of the molecule is COc1cc(C(=O)NCCOCCOCCOCCN(C)C(=O)CCNc2nc(N3CCN(C(C)=O)CC3)c3cc(Cl)c(-c4c(O)cccc4F)c(F)c3n2)ccc1NC(=O)[C@@H]1C[C@@H](CC(C)(C)C)[C@](C#N)(c2ccc(Cl)cc2F)[C@H]1c1cccc(Cl)c1F. The number of likely N-dealkylation sites (N-methyl/N-ethyl adjacent to an activating group) is 1. The van der Waals surface area contributed by atoms with Crippen molar-refractivity contribution >= 4 is 86.8 Å². The first kappa shape index (κ1) is 67.4. The van der Waals surface area contributed by atoms with Crippen LogP contribution < -0.4 is 25.6 Å². The highest BCUT2D eigenvalue weighted by molar-refractivity contribution is 6.34. The van der Waals surface area contributed by atoms with Gasteiger partial charge in [0.1, 0.15) is 40.3 Å². The number of phenolic OH excluding ortho intramolecular Hbond substituents is 1. The van der Waals surface area contributed by atoms with Gasteiger partial charge in [-0.25, -0.2) is 22.5 Å². The number of halogens is 7. The number of rotatable bonds is 25. The molecule has 0 unspecified atom stereocenters. The van der Waals surface area contributed by atoms with Gasteiger partial charge in [-0.2, -0.15) is 10.2 Å². The van der Waals surface area contributed by atoms with Gasteiger partial charge >= 0.3 is 0 Å². The number of phenols is 1. The average molecular weight is 1290 g/mol. The van der Waals surface area contributed by atoms with E-state index in [1.165, 1.54) is 85.7 Å². The molecule has 1 saturated heterocycles. The zero-order valence-electron chi connectivity index (χ0n) is 50.1. The summed E-state index contributed by atoms with van der Waals surface area (Å²) in [5.41, 5.74) is -2.68. The molecule has 2 fully saturated rings. The number of amides is 4. The average Bonchev–Trinajstić information content (AvgIpc) is 1.63. The second-order valence-electron chi connectivity index (χ2n) is 23.0. The molecule has 6 aromatic rings. The summed E-state index contributed by atoms with van der Waals surface area (Å²) in [6.07, 6.45) is 0.494. The minimum Gasteiger partial charge on any atom is -0.507 e. The van der Waals surface area contributed by atoms with E-state index in [9.17, 15) is 29.5 Å². The Morgan fingerprint density at radius 1 is 0.820 bits per heavy atom. The molecular weight excluding hydrogens is 1220 g/mol. The number of piperazine rings is 1. The van der Waals surface area contributed by atoms with Crippen LogP contribution in [0.1, 0.15) is 74.4 Å². The van der Waals surface area contributed by atoms with Crippen LogP contribution in [0.4, 0.5) is 35.0 Å². The maximum absolute atomic E-state index is 16.5. The summed E-state index contributed by atoms with van der Waals surface area (Å²) in [5.74, 6) is -7.69. The fourth-order valence-corrected chi connectivity index (χ4v) is 12.3. The Morgan fingerprint density at radius 2 is 1.52 bits per heavy atom. The van der Waals surface area contributed by atoms with E-state index in [-0.39, 0.29) is 155 Å². The highest BCUT2D eigenvalue weighted by atomic mass is 35.5. The number of nitriles is 1. The molecule has 8 rings (SSSR count). The Hall–Kier alpha value is -7.52. The van der Waals surface area contributed by atoms with Gasteiger partial charge in [0.05, 0.1) is 79.5 Å². The molecule has 1 aliphatic carbocycles. The lowest BCUT2D eigenvalue weighted by atomic mass is 9.62. The van der Waals surface area contributed by atoms with E-state index in [1.54, 1.807) is 11.9 Å². The Morgan fingerprint density at radius 3 is 2.18 bits per heavy atom. The monoisotopic (exact) mass is 1290 g/mol. The first-order valence-corrected chi connectivity index (χ1v) is 30.1. The van der Waals surface area contributed by atoms with Crippen LogP contribution in [0.2, 0.25) is 15.1 Å². The second-order valence-corrected chi connectivity index (χ2v) is 24.2. The van der Waals surface area contributed by atoms with Gasteiger partial charge in [0.15, 0.2) is 5.82 Å².